The van der Waals surface area contributed by atoms with Crippen molar-refractivity contribution in [3.05, 3.63) is 30.2 Å². The minimum absolute atomic E-state index is 0.366. The number of hydrogen-bond donors (Lipinski definition) is 1. The molecule has 0 atom stereocenters. The molecule has 2 aromatic heterocycles. The fraction of sp³-hybridized carbons (Fsp3) is 0.273. The van der Waals surface area contributed by atoms with Crippen molar-refractivity contribution in [1.29, 1.82) is 0 Å². The first-order valence-corrected chi connectivity index (χ1v) is 4.68. The number of anilines is 1. The standard InChI is InChI=1S/C11H13N3/c1-7(2)11-9-6-13-4-3-8(9)5-10(12)14-11/h3-7H,1-2H3,(H2,12,14). The zero-order valence-electron chi connectivity index (χ0n) is 8.36. The second-order valence-electron chi connectivity index (χ2n) is 3.68. The van der Waals surface area contributed by atoms with Crippen molar-refractivity contribution in [2.24, 2.45) is 0 Å². The number of fused-ring (bicyclic) bond motifs is 1. The summed E-state index contributed by atoms with van der Waals surface area (Å²) in [7, 11) is 0. The molecule has 2 heterocycles. The Labute approximate surface area is 83.0 Å². The zero-order chi connectivity index (χ0) is 10.1. The van der Waals surface area contributed by atoms with Gasteiger partial charge in [0.25, 0.3) is 0 Å². The molecular formula is C11H13N3. The summed E-state index contributed by atoms with van der Waals surface area (Å²) in [5.74, 6) is 0.942. The molecule has 2 rings (SSSR count). The molecule has 0 bridgehead atoms. The molecule has 2 aromatic rings. The van der Waals surface area contributed by atoms with Gasteiger partial charge in [-0.25, -0.2) is 4.98 Å². The minimum Gasteiger partial charge on any atom is -0.384 e. The summed E-state index contributed by atoms with van der Waals surface area (Å²) >= 11 is 0. The summed E-state index contributed by atoms with van der Waals surface area (Å²) in [4.78, 5) is 8.44. The molecule has 0 fully saturated rings. The quantitative estimate of drug-likeness (QED) is 0.745. The van der Waals surface area contributed by atoms with E-state index in [-0.39, 0.29) is 0 Å². The Balaban J connectivity index is 2.80. The molecule has 0 aliphatic rings. The van der Waals surface area contributed by atoms with Crippen LogP contribution in [0.2, 0.25) is 0 Å². The molecule has 14 heavy (non-hydrogen) atoms. The maximum absolute atomic E-state index is 5.73. The lowest BCUT2D eigenvalue weighted by molar-refractivity contribution is 0.836. The largest absolute Gasteiger partial charge is 0.384 e. The summed E-state index contributed by atoms with van der Waals surface area (Å²) in [6, 6.07) is 3.84. The van der Waals surface area contributed by atoms with E-state index in [4.69, 9.17) is 5.73 Å². The monoisotopic (exact) mass is 187 g/mol. The Morgan fingerprint density at radius 1 is 1.36 bits per heavy atom. The molecule has 72 valence electrons. The molecule has 0 saturated heterocycles. The SMILES string of the molecule is CC(C)c1nc(N)cc2ccncc12. The third-order valence-corrected chi connectivity index (χ3v) is 2.23. The molecular weight excluding hydrogens is 174 g/mol. The highest BCUT2D eigenvalue weighted by atomic mass is 14.8. The van der Waals surface area contributed by atoms with Crippen LogP contribution in [0.1, 0.15) is 25.5 Å². The Bertz CT molecular complexity index is 463. The normalized spacial score (nSPS) is 11.1. The van der Waals surface area contributed by atoms with Crippen LogP contribution in [-0.2, 0) is 0 Å². The number of nitrogens with two attached hydrogens (primary N) is 1. The van der Waals surface area contributed by atoms with Crippen molar-refractivity contribution >= 4 is 16.6 Å². The van der Waals surface area contributed by atoms with Gasteiger partial charge in [-0.15, -0.1) is 0 Å². The number of nitrogen functional groups attached to an aromatic ring is 1. The molecule has 0 aliphatic carbocycles. The summed E-state index contributed by atoms with van der Waals surface area (Å²) in [6.07, 6.45) is 3.61. The zero-order valence-corrected chi connectivity index (χ0v) is 8.36. The van der Waals surface area contributed by atoms with Crippen LogP contribution in [0.5, 0.6) is 0 Å². The van der Waals surface area contributed by atoms with Gasteiger partial charge in [-0.05, 0) is 23.4 Å². The first-order chi connectivity index (χ1) is 6.68. The second kappa shape index (κ2) is 3.25. The lowest BCUT2D eigenvalue weighted by Crippen LogP contribution is -1.99. The highest BCUT2D eigenvalue weighted by Crippen LogP contribution is 2.24. The van der Waals surface area contributed by atoms with E-state index in [1.807, 2.05) is 18.3 Å². The van der Waals surface area contributed by atoms with Crippen LogP contribution in [0.15, 0.2) is 24.5 Å². The minimum atomic E-state index is 0.366. The highest BCUT2D eigenvalue weighted by molar-refractivity contribution is 5.85. The van der Waals surface area contributed by atoms with Crippen molar-refractivity contribution in [3.63, 3.8) is 0 Å². The molecule has 0 saturated carbocycles. The van der Waals surface area contributed by atoms with E-state index in [1.54, 1.807) is 6.20 Å². The van der Waals surface area contributed by atoms with Crippen molar-refractivity contribution in [2.75, 3.05) is 5.73 Å². The van der Waals surface area contributed by atoms with Crippen molar-refractivity contribution in [2.45, 2.75) is 19.8 Å². The molecule has 0 amide bonds. The molecule has 3 nitrogen and oxygen atoms in total. The summed E-state index contributed by atoms with van der Waals surface area (Å²) < 4.78 is 0. The summed E-state index contributed by atoms with van der Waals surface area (Å²) in [6.45, 7) is 4.21. The average molecular weight is 187 g/mol. The van der Waals surface area contributed by atoms with Crippen LogP contribution in [0.4, 0.5) is 5.82 Å². The average Bonchev–Trinajstić information content (AvgIpc) is 2.16. The third-order valence-electron chi connectivity index (χ3n) is 2.23. The first kappa shape index (κ1) is 8.94. The van der Waals surface area contributed by atoms with E-state index in [1.165, 1.54) is 0 Å². The van der Waals surface area contributed by atoms with Gasteiger partial charge in [-0.1, -0.05) is 13.8 Å². The van der Waals surface area contributed by atoms with Crippen LogP contribution in [-0.4, -0.2) is 9.97 Å². The topological polar surface area (TPSA) is 51.8 Å². The lowest BCUT2D eigenvalue weighted by atomic mass is 10.0. The van der Waals surface area contributed by atoms with E-state index in [0.717, 1.165) is 16.5 Å². The van der Waals surface area contributed by atoms with Crippen LogP contribution >= 0.6 is 0 Å². The van der Waals surface area contributed by atoms with E-state index in [0.29, 0.717) is 11.7 Å². The first-order valence-electron chi connectivity index (χ1n) is 4.68. The van der Waals surface area contributed by atoms with Gasteiger partial charge >= 0.3 is 0 Å². The number of nitrogens with zero attached hydrogens (tertiary/aromatic N) is 2. The Hall–Kier alpha value is -1.64. The summed E-state index contributed by atoms with van der Waals surface area (Å²) in [5.41, 5.74) is 6.75. The van der Waals surface area contributed by atoms with E-state index in [9.17, 15) is 0 Å². The Kier molecular flexibility index (Phi) is 2.08. The van der Waals surface area contributed by atoms with E-state index < -0.39 is 0 Å². The van der Waals surface area contributed by atoms with E-state index in [2.05, 4.69) is 23.8 Å². The van der Waals surface area contributed by atoms with Crippen LogP contribution in [0.3, 0.4) is 0 Å². The van der Waals surface area contributed by atoms with Gasteiger partial charge in [0.2, 0.25) is 0 Å². The molecule has 0 aromatic carbocycles. The third kappa shape index (κ3) is 1.41. The lowest BCUT2D eigenvalue weighted by Gasteiger charge is -2.09. The van der Waals surface area contributed by atoms with Crippen molar-refractivity contribution in [3.8, 4) is 0 Å². The number of aromatic nitrogens is 2. The van der Waals surface area contributed by atoms with Gasteiger partial charge in [0, 0.05) is 17.8 Å². The van der Waals surface area contributed by atoms with Gasteiger partial charge in [0.15, 0.2) is 0 Å². The number of rotatable bonds is 1. The predicted molar refractivity (Wildman–Crippen MR) is 58.0 cm³/mol. The predicted octanol–water partition coefficient (Wildman–Crippen LogP) is 2.34. The number of hydrogen-bond acceptors (Lipinski definition) is 3. The molecule has 3 heteroatoms. The van der Waals surface area contributed by atoms with Gasteiger partial charge < -0.3 is 5.73 Å². The maximum atomic E-state index is 5.73. The molecule has 0 spiro atoms. The number of pyridine rings is 2. The smallest absolute Gasteiger partial charge is 0.124 e. The highest BCUT2D eigenvalue weighted by Gasteiger charge is 2.07. The van der Waals surface area contributed by atoms with Gasteiger partial charge in [0.05, 0.1) is 5.69 Å². The fourth-order valence-corrected chi connectivity index (χ4v) is 1.58. The van der Waals surface area contributed by atoms with Crippen LogP contribution in [0, 0.1) is 0 Å². The van der Waals surface area contributed by atoms with Gasteiger partial charge in [0.1, 0.15) is 5.82 Å². The molecule has 0 radical (unpaired) electrons. The summed E-state index contributed by atoms with van der Waals surface area (Å²) in [5, 5.41) is 2.20. The van der Waals surface area contributed by atoms with E-state index >= 15 is 0 Å². The maximum Gasteiger partial charge on any atom is 0.124 e. The molecule has 2 N–H and O–H groups in total. The fourth-order valence-electron chi connectivity index (χ4n) is 1.58. The molecule has 0 unspecified atom stereocenters. The second-order valence-corrected chi connectivity index (χ2v) is 3.68. The van der Waals surface area contributed by atoms with Crippen LogP contribution in [0.25, 0.3) is 10.8 Å². The Morgan fingerprint density at radius 3 is 2.86 bits per heavy atom. The van der Waals surface area contributed by atoms with Gasteiger partial charge in [-0.3, -0.25) is 4.98 Å². The van der Waals surface area contributed by atoms with Crippen molar-refractivity contribution in [1.82, 2.24) is 9.97 Å². The molecule has 0 aliphatic heterocycles. The van der Waals surface area contributed by atoms with Crippen LogP contribution < -0.4 is 5.73 Å². The van der Waals surface area contributed by atoms with Gasteiger partial charge in [-0.2, -0.15) is 0 Å². The Morgan fingerprint density at radius 2 is 2.14 bits per heavy atom. The van der Waals surface area contributed by atoms with Crippen molar-refractivity contribution < 1.29 is 0 Å².